The van der Waals surface area contributed by atoms with Crippen molar-refractivity contribution in [1.29, 1.82) is 0 Å². The molecule has 4 heterocycles. The van der Waals surface area contributed by atoms with Crippen LogP contribution in [-0.2, 0) is 22.5 Å². The van der Waals surface area contributed by atoms with Gasteiger partial charge in [0.2, 0.25) is 11.8 Å². The van der Waals surface area contributed by atoms with Gasteiger partial charge in [-0.15, -0.1) is 0 Å². The third-order valence-electron chi connectivity index (χ3n) is 7.45. The fourth-order valence-electron chi connectivity index (χ4n) is 5.55. The molecule has 0 saturated carbocycles. The molecular weight excluding hydrogens is 392 g/mol. The summed E-state index contributed by atoms with van der Waals surface area (Å²) in [7, 11) is 0. The van der Waals surface area contributed by atoms with E-state index in [0.29, 0.717) is 17.9 Å². The van der Waals surface area contributed by atoms with Gasteiger partial charge >= 0.3 is 0 Å². The molecule has 0 spiro atoms. The van der Waals surface area contributed by atoms with Crippen molar-refractivity contribution in [3.8, 4) is 0 Å². The number of nitrogens with zero attached hydrogens (tertiary/aromatic N) is 4. The van der Waals surface area contributed by atoms with E-state index in [2.05, 4.69) is 26.9 Å². The molecule has 3 aliphatic rings. The number of aromatic nitrogens is 2. The van der Waals surface area contributed by atoms with Crippen LogP contribution in [0.15, 0.2) is 4.52 Å². The normalized spacial score (nSPS) is 24.9. The Kier molecular flexibility index (Phi) is 8.36. The second-order valence-corrected chi connectivity index (χ2v) is 9.66. The Morgan fingerprint density at radius 1 is 1.03 bits per heavy atom. The Labute approximate surface area is 186 Å². The summed E-state index contributed by atoms with van der Waals surface area (Å²) in [6, 6.07) is 0.420. The molecule has 0 aliphatic carbocycles. The first kappa shape index (κ1) is 22.7. The molecule has 0 bridgehead atoms. The molecule has 7 nitrogen and oxygen atoms in total. The molecule has 1 aromatic rings. The molecular formula is C24H40N4O3. The monoisotopic (exact) mass is 432 g/mol. The van der Waals surface area contributed by atoms with Gasteiger partial charge in [0.25, 0.3) is 0 Å². The van der Waals surface area contributed by atoms with E-state index in [1.54, 1.807) is 0 Å². The number of likely N-dealkylation sites (tertiary alicyclic amines) is 2. The van der Waals surface area contributed by atoms with Crippen molar-refractivity contribution < 1.29 is 14.1 Å². The van der Waals surface area contributed by atoms with Crippen LogP contribution in [0.2, 0.25) is 0 Å². The molecule has 3 aliphatic heterocycles. The van der Waals surface area contributed by atoms with Crippen LogP contribution in [0.5, 0.6) is 0 Å². The number of aryl methyl sites for hydroxylation is 1. The molecule has 3 saturated heterocycles. The van der Waals surface area contributed by atoms with Crippen LogP contribution in [-0.4, -0.2) is 64.7 Å². The van der Waals surface area contributed by atoms with Crippen molar-refractivity contribution in [2.24, 2.45) is 11.8 Å². The van der Waals surface area contributed by atoms with E-state index in [9.17, 15) is 4.79 Å². The number of carbonyl (C=O) groups excluding carboxylic acids is 1. The molecule has 1 amide bonds. The maximum Gasteiger partial charge on any atom is 0.240 e. The number of piperidine rings is 1. The van der Waals surface area contributed by atoms with Gasteiger partial charge in [-0.2, -0.15) is 4.98 Å². The molecule has 7 heteroatoms. The molecule has 3 fully saturated rings. The highest BCUT2D eigenvalue weighted by atomic mass is 16.5. The van der Waals surface area contributed by atoms with Crippen molar-refractivity contribution in [3.63, 3.8) is 0 Å². The Hall–Kier alpha value is -1.47. The minimum Gasteiger partial charge on any atom is -0.381 e. The number of amides is 1. The van der Waals surface area contributed by atoms with Crippen molar-refractivity contribution in [1.82, 2.24) is 19.9 Å². The third-order valence-corrected chi connectivity index (χ3v) is 7.45. The van der Waals surface area contributed by atoms with Gasteiger partial charge in [-0.1, -0.05) is 31.3 Å². The fourth-order valence-corrected chi connectivity index (χ4v) is 5.55. The summed E-state index contributed by atoms with van der Waals surface area (Å²) in [4.78, 5) is 22.7. The molecule has 1 atom stereocenters. The average molecular weight is 433 g/mol. The number of rotatable bonds is 7. The SMILES string of the molecule is CCCCc1noc(CN2CCC([C@@H]3CCCCCN3C(=O)C3CCOCC3)CC2)n1. The lowest BCUT2D eigenvalue weighted by atomic mass is 9.85. The van der Waals surface area contributed by atoms with Crippen LogP contribution in [0.3, 0.4) is 0 Å². The summed E-state index contributed by atoms with van der Waals surface area (Å²) >= 11 is 0. The van der Waals surface area contributed by atoms with Gasteiger partial charge in [0, 0.05) is 38.1 Å². The molecule has 31 heavy (non-hydrogen) atoms. The second-order valence-electron chi connectivity index (χ2n) is 9.66. The smallest absolute Gasteiger partial charge is 0.240 e. The Morgan fingerprint density at radius 3 is 2.61 bits per heavy atom. The maximum absolute atomic E-state index is 13.4. The minimum absolute atomic E-state index is 0.175. The van der Waals surface area contributed by atoms with Crippen LogP contribution in [0.4, 0.5) is 0 Å². The van der Waals surface area contributed by atoms with E-state index in [1.807, 2.05) is 0 Å². The first-order valence-corrected chi connectivity index (χ1v) is 12.7. The van der Waals surface area contributed by atoms with Gasteiger partial charge in [-0.05, 0) is 64.0 Å². The zero-order valence-corrected chi connectivity index (χ0v) is 19.3. The lowest BCUT2D eigenvalue weighted by molar-refractivity contribution is -0.142. The van der Waals surface area contributed by atoms with Crippen LogP contribution in [0, 0.1) is 11.8 Å². The summed E-state index contributed by atoms with van der Waals surface area (Å²) in [5.74, 6) is 2.78. The van der Waals surface area contributed by atoms with Gasteiger partial charge in [-0.25, -0.2) is 0 Å². The van der Waals surface area contributed by atoms with Gasteiger partial charge < -0.3 is 14.2 Å². The van der Waals surface area contributed by atoms with Gasteiger partial charge in [0.1, 0.15) is 0 Å². The van der Waals surface area contributed by atoms with E-state index in [0.717, 1.165) is 102 Å². The molecule has 1 aromatic heterocycles. The van der Waals surface area contributed by atoms with Crippen molar-refractivity contribution >= 4 is 5.91 Å². The van der Waals surface area contributed by atoms with Crippen LogP contribution in [0.1, 0.15) is 82.8 Å². The average Bonchev–Trinajstić information content (AvgIpc) is 3.11. The number of unbranched alkanes of at least 4 members (excludes halogenated alkanes) is 1. The molecule has 4 rings (SSSR count). The molecule has 0 radical (unpaired) electrons. The van der Waals surface area contributed by atoms with Crippen molar-refractivity contribution in [2.75, 3.05) is 32.8 Å². The van der Waals surface area contributed by atoms with E-state index in [4.69, 9.17) is 9.26 Å². The number of hydrogen-bond donors (Lipinski definition) is 0. The Bertz CT molecular complexity index is 680. The lowest BCUT2D eigenvalue weighted by Gasteiger charge is -2.42. The summed E-state index contributed by atoms with van der Waals surface area (Å²) in [5, 5.41) is 4.13. The number of ether oxygens (including phenoxy) is 1. The highest BCUT2D eigenvalue weighted by Gasteiger charge is 2.36. The third kappa shape index (κ3) is 6.07. The van der Waals surface area contributed by atoms with Crippen molar-refractivity contribution in [2.45, 2.75) is 90.1 Å². The summed E-state index contributed by atoms with van der Waals surface area (Å²) in [5.41, 5.74) is 0. The molecule has 0 unspecified atom stereocenters. The predicted octanol–water partition coefficient (Wildman–Crippen LogP) is 3.82. The first-order chi connectivity index (χ1) is 15.2. The van der Waals surface area contributed by atoms with E-state index in [1.165, 1.54) is 19.3 Å². The largest absolute Gasteiger partial charge is 0.381 e. The van der Waals surface area contributed by atoms with Gasteiger partial charge in [-0.3, -0.25) is 9.69 Å². The standard InChI is InChI=1S/C24H40N4O3/c1-2-3-8-22-25-23(31-26-22)18-27-14-9-19(10-15-27)21-7-5-4-6-13-28(21)24(29)20-11-16-30-17-12-20/h19-21H,2-18H2,1H3/t21-/m0/s1. The topological polar surface area (TPSA) is 71.7 Å². The summed E-state index contributed by atoms with van der Waals surface area (Å²) < 4.78 is 11.0. The Balaban J connectivity index is 1.31. The predicted molar refractivity (Wildman–Crippen MR) is 118 cm³/mol. The quantitative estimate of drug-likeness (QED) is 0.652. The van der Waals surface area contributed by atoms with E-state index in [-0.39, 0.29) is 5.92 Å². The highest BCUT2D eigenvalue weighted by Crippen LogP contribution is 2.32. The Morgan fingerprint density at radius 2 is 1.84 bits per heavy atom. The zero-order chi connectivity index (χ0) is 21.5. The fraction of sp³-hybridized carbons (Fsp3) is 0.875. The molecule has 174 valence electrons. The summed E-state index contributed by atoms with van der Waals surface area (Å²) in [6.07, 6.45) is 12.1. The number of hydrogen-bond acceptors (Lipinski definition) is 6. The van der Waals surface area contributed by atoms with E-state index < -0.39 is 0 Å². The van der Waals surface area contributed by atoms with Crippen LogP contribution in [0.25, 0.3) is 0 Å². The summed E-state index contributed by atoms with van der Waals surface area (Å²) in [6.45, 7) is 7.45. The van der Waals surface area contributed by atoms with Crippen molar-refractivity contribution in [3.05, 3.63) is 11.7 Å². The second kappa shape index (κ2) is 11.4. The van der Waals surface area contributed by atoms with Crippen LogP contribution < -0.4 is 0 Å². The number of carbonyl (C=O) groups is 1. The first-order valence-electron chi connectivity index (χ1n) is 12.7. The highest BCUT2D eigenvalue weighted by molar-refractivity contribution is 5.79. The van der Waals surface area contributed by atoms with E-state index >= 15 is 0 Å². The molecule has 0 N–H and O–H groups in total. The van der Waals surface area contributed by atoms with Gasteiger partial charge in [0.15, 0.2) is 5.82 Å². The van der Waals surface area contributed by atoms with Gasteiger partial charge in [0.05, 0.1) is 6.54 Å². The van der Waals surface area contributed by atoms with Crippen LogP contribution >= 0.6 is 0 Å². The zero-order valence-electron chi connectivity index (χ0n) is 19.3. The molecule has 0 aromatic carbocycles. The minimum atomic E-state index is 0.175. The lowest BCUT2D eigenvalue weighted by Crippen LogP contribution is -2.50. The maximum atomic E-state index is 13.4.